The molecule has 0 amide bonds. The van der Waals surface area contributed by atoms with E-state index in [4.69, 9.17) is 5.11 Å². The molecule has 0 unspecified atom stereocenters. The predicted molar refractivity (Wildman–Crippen MR) is 79.9 cm³/mol. The van der Waals surface area contributed by atoms with Gasteiger partial charge in [0.25, 0.3) is 0 Å². The number of aliphatic carboxylic acids is 1. The van der Waals surface area contributed by atoms with Gasteiger partial charge >= 0.3 is 5.97 Å². The van der Waals surface area contributed by atoms with Crippen LogP contribution in [0.25, 0.3) is 5.52 Å². The van der Waals surface area contributed by atoms with Crippen LogP contribution in [-0.2, 0) is 11.3 Å². The highest BCUT2D eigenvalue weighted by atomic mass is 16.4. The van der Waals surface area contributed by atoms with Gasteiger partial charge in [0.15, 0.2) is 0 Å². The first-order chi connectivity index (χ1) is 10.0. The number of nitriles is 1. The Morgan fingerprint density at radius 2 is 2.24 bits per heavy atom. The predicted octanol–water partition coefficient (Wildman–Crippen LogP) is 2.35. The van der Waals surface area contributed by atoms with Gasteiger partial charge in [0.2, 0.25) is 0 Å². The van der Waals surface area contributed by atoms with Gasteiger partial charge in [0, 0.05) is 31.0 Å². The zero-order valence-corrected chi connectivity index (χ0v) is 12.3. The first-order valence-corrected chi connectivity index (χ1v) is 6.94. The molecule has 2 aromatic rings. The molecule has 21 heavy (non-hydrogen) atoms. The molecule has 2 aromatic heterocycles. The molecule has 0 aromatic carbocycles. The minimum atomic E-state index is -0.849. The second-order valence-corrected chi connectivity index (χ2v) is 5.59. The second kappa shape index (κ2) is 6.42. The Morgan fingerprint density at radius 1 is 1.48 bits per heavy atom. The van der Waals surface area contributed by atoms with E-state index in [0.29, 0.717) is 24.6 Å². The molecule has 0 atom stereocenters. The Labute approximate surface area is 124 Å². The summed E-state index contributed by atoms with van der Waals surface area (Å²) in [5, 5.41) is 18.4. The lowest BCUT2D eigenvalue weighted by Gasteiger charge is -2.21. The lowest BCUT2D eigenvalue weighted by molar-refractivity contribution is -0.138. The van der Waals surface area contributed by atoms with Crippen LogP contribution < -0.4 is 0 Å². The zero-order valence-electron chi connectivity index (χ0n) is 12.3. The van der Waals surface area contributed by atoms with Crippen molar-refractivity contribution in [3.05, 3.63) is 41.7 Å². The molecule has 0 fully saturated rings. The summed E-state index contributed by atoms with van der Waals surface area (Å²) in [7, 11) is 0. The highest BCUT2D eigenvalue weighted by Gasteiger charge is 2.16. The Bertz CT molecular complexity index is 682. The third kappa shape index (κ3) is 3.61. The molecule has 2 heterocycles. The van der Waals surface area contributed by atoms with E-state index in [1.165, 1.54) is 0 Å². The van der Waals surface area contributed by atoms with Crippen molar-refractivity contribution < 1.29 is 9.90 Å². The van der Waals surface area contributed by atoms with E-state index in [-0.39, 0.29) is 6.54 Å². The zero-order chi connectivity index (χ0) is 15.4. The van der Waals surface area contributed by atoms with Gasteiger partial charge in [-0.3, -0.25) is 9.69 Å². The van der Waals surface area contributed by atoms with E-state index in [9.17, 15) is 10.1 Å². The van der Waals surface area contributed by atoms with Crippen LogP contribution in [0.5, 0.6) is 0 Å². The SMILES string of the molecule is CC(C)CN(CC(=O)O)Cc1cn2ccccc2c1C#N. The van der Waals surface area contributed by atoms with E-state index in [2.05, 4.69) is 19.9 Å². The second-order valence-electron chi connectivity index (χ2n) is 5.59. The molecule has 0 radical (unpaired) electrons. The normalized spacial score (nSPS) is 11.2. The molecule has 1 N–H and O–H groups in total. The maximum absolute atomic E-state index is 11.0. The van der Waals surface area contributed by atoms with Gasteiger partial charge in [-0.1, -0.05) is 19.9 Å². The highest BCUT2D eigenvalue weighted by molar-refractivity contribution is 5.69. The van der Waals surface area contributed by atoms with Crippen molar-refractivity contribution in [1.82, 2.24) is 9.30 Å². The van der Waals surface area contributed by atoms with Crippen molar-refractivity contribution in [1.29, 1.82) is 5.26 Å². The van der Waals surface area contributed by atoms with Crippen LogP contribution in [0.3, 0.4) is 0 Å². The summed E-state index contributed by atoms with van der Waals surface area (Å²) in [6.07, 6.45) is 3.80. The van der Waals surface area contributed by atoms with Crippen molar-refractivity contribution >= 4 is 11.5 Å². The van der Waals surface area contributed by atoms with Crippen molar-refractivity contribution in [2.24, 2.45) is 5.92 Å². The molecule has 5 nitrogen and oxygen atoms in total. The van der Waals surface area contributed by atoms with Crippen molar-refractivity contribution in [2.75, 3.05) is 13.1 Å². The minimum absolute atomic E-state index is 0.0186. The maximum atomic E-state index is 11.0. The van der Waals surface area contributed by atoms with Crippen molar-refractivity contribution in [2.45, 2.75) is 20.4 Å². The van der Waals surface area contributed by atoms with Gasteiger partial charge in [0.1, 0.15) is 6.07 Å². The Kier molecular flexibility index (Phi) is 4.61. The van der Waals surface area contributed by atoms with Crippen LogP contribution in [0.4, 0.5) is 0 Å². The number of pyridine rings is 1. The molecule has 5 heteroatoms. The summed E-state index contributed by atoms with van der Waals surface area (Å²) in [4.78, 5) is 12.9. The van der Waals surface area contributed by atoms with Crippen molar-refractivity contribution in [3.8, 4) is 6.07 Å². The highest BCUT2D eigenvalue weighted by Crippen LogP contribution is 2.19. The molecular formula is C16H19N3O2. The Hall–Kier alpha value is -2.32. The number of carboxylic acids is 1. The van der Waals surface area contributed by atoms with Crippen molar-refractivity contribution in [3.63, 3.8) is 0 Å². The number of carboxylic acid groups (broad SMARTS) is 1. The lowest BCUT2D eigenvalue weighted by Crippen LogP contribution is -2.32. The van der Waals surface area contributed by atoms with Gasteiger partial charge in [-0.15, -0.1) is 0 Å². The van der Waals surface area contributed by atoms with E-state index in [1.807, 2.05) is 39.9 Å². The average molecular weight is 285 g/mol. The van der Waals surface area contributed by atoms with E-state index >= 15 is 0 Å². The molecule has 2 rings (SSSR count). The summed E-state index contributed by atoms with van der Waals surface area (Å²) in [6, 6.07) is 7.93. The molecule has 110 valence electrons. The molecule has 0 aliphatic carbocycles. The van der Waals surface area contributed by atoms with Crippen LogP contribution >= 0.6 is 0 Å². The third-order valence-corrected chi connectivity index (χ3v) is 3.25. The van der Waals surface area contributed by atoms with Crippen LogP contribution in [0.2, 0.25) is 0 Å². The van der Waals surface area contributed by atoms with Crippen LogP contribution in [0, 0.1) is 17.2 Å². The smallest absolute Gasteiger partial charge is 0.317 e. The van der Waals surface area contributed by atoms with Gasteiger partial charge in [-0.25, -0.2) is 0 Å². The third-order valence-electron chi connectivity index (χ3n) is 3.25. The molecule has 0 aliphatic heterocycles. The molecule has 0 saturated heterocycles. The van der Waals surface area contributed by atoms with E-state index in [0.717, 1.165) is 11.1 Å². The van der Waals surface area contributed by atoms with Gasteiger partial charge in [-0.05, 0) is 18.1 Å². The standard InChI is InChI=1S/C16H19N3O2/c1-12(2)8-18(11-16(20)21)9-13-10-19-6-4-3-5-15(19)14(13)7-17/h3-6,10,12H,8-9,11H2,1-2H3,(H,20,21). The lowest BCUT2D eigenvalue weighted by atomic mass is 10.1. The molecular weight excluding hydrogens is 266 g/mol. The number of aromatic nitrogens is 1. The van der Waals surface area contributed by atoms with Crippen LogP contribution in [0.15, 0.2) is 30.6 Å². The van der Waals surface area contributed by atoms with Gasteiger partial charge in [-0.2, -0.15) is 5.26 Å². The first kappa shape index (κ1) is 15.1. The Balaban J connectivity index is 2.31. The fourth-order valence-electron chi connectivity index (χ4n) is 2.56. The van der Waals surface area contributed by atoms with Gasteiger partial charge < -0.3 is 9.51 Å². The maximum Gasteiger partial charge on any atom is 0.317 e. The summed E-state index contributed by atoms with van der Waals surface area (Å²) in [6.45, 7) is 5.24. The van der Waals surface area contributed by atoms with Crippen LogP contribution in [0.1, 0.15) is 25.0 Å². The minimum Gasteiger partial charge on any atom is -0.480 e. The molecule has 0 bridgehead atoms. The van der Waals surface area contributed by atoms with Crippen LogP contribution in [-0.4, -0.2) is 33.5 Å². The topological polar surface area (TPSA) is 68.7 Å². The summed E-state index contributed by atoms with van der Waals surface area (Å²) < 4.78 is 1.90. The summed E-state index contributed by atoms with van der Waals surface area (Å²) in [5.74, 6) is -0.482. The Morgan fingerprint density at radius 3 is 2.86 bits per heavy atom. The monoisotopic (exact) mass is 285 g/mol. The number of hydrogen-bond acceptors (Lipinski definition) is 3. The first-order valence-electron chi connectivity index (χ1n) is 6.94. The average Bonchev–Trinajstić information content (AvgIpc) is 2.73. The summed E-state index contributed by atoms with van der Waals surface area (Å²) >= 11 is 0. The van der Waals surface area contributed by atoms with E-state index < -0.39 is 5.97 Å². The number of hydrogen-bond donors (Lipinski definition) is 1. The van der Waals surface area contributed by atoms with E-state index in [1.54, 1.807) is 0 Å². The van der Waals surface area contributed by atoms with Gasteiger partial charge in [0.05, 0.1) is 17.6 Å². The molecule has 0 aliphatic rings. The number of rotatable bonds is 6. The fourth-order valence-corrected chi connectivity index (χ4v) is 2.56. The summed E-state index contributed by atoms with van der Waals surface area (Å²) in [5.41, 5.74) is 2.34. The number of nitrogens with zero attached hydrogens (tertiary/aromatic N) is 3. The number of carbonyl (C=O) groups is 1. The largest absolute Gasteiger partial charge is 0.480 e. The molecule has 0 spiro atoms. The molecule has 0 saturated carbocycles. The number of fused-ring (bicyclic) bond motifs is 1. The fraction of sp³-hybridized carbons (Fsp3) is 0.375. The quantitative estimate of drug-likeness (QED) is 0.884.